The van der Waals surface area contributed by atoms with Crippen molar-refractivity contribution in [2.45, 2.75) is 46.7 Å². The summed E-state index contributed by atoms with van der Waals surface area (Å²) >= 11 is 0. The van der Waals surface area contributed by atoms with Gasteiger partial charge in [-0.25, -0.2) is 4.52 Å². The summed E-state index contributed by atoms with van der Waals surface area (Å²) in [5, 5.41) is 7.73. The van der Waals surface area contributed by atoms with Crippen LogP contribution < -0.4 is 16.0 Å². The van der Waals surface area contributed by atoms with Crippen molar-refractivity contribution in [2.75, 3.05) is 23.4 Å². The van der Waals surface area contributed by atoms with Crippen molar-refractivity contribution in [3.63, 3.8) is 0 Å². The van der Waals surface area contributed by atoms with Crippen molar-refractivity contribution in [2.24, 2.45) is 11.1 Å². The predicted octanol–water partition coefficient (Wildman–Crippen LogP) is 2.03. The van der Waals surface area contributed by atoms with Crippen LogP contribution in [0.2, 0.25) is 0 Å². The van der Waals surface area contributed by atoms with Gasteiger partial charge >= 0.3 is 0 Å². The Morgan fingerprint density at radius 1 is 1.44 bits per heavy atom. The number of carbonyl (C=O) groups is 2. The zero-order valence-corrected chi connectivity index (χ0v) is 16.4. The van der Waals surface area contributed by atoms with E-state index in [0.29, 0.717) is 23.4 Å². The zero-order valence-electron chi connectivity index (χ0n) is 16.4. The number of aromatic nitrogens is 2. The number of hydrogen-bond donors (Lipinski definition) is 2. The number of anilines is 2. The molecule has 1 fully saturated rings. The second-order valence-corrected chi connectivity index (χ2v) is 8.19. The van der Waals surface area contributed by atoms with E-state index < -0.39 is 5.91 Å². The van der Waals surface area contributed by atoms with Gasteiger partial charge in [0, 0.05) is 6.04 Å². The number of fused-ring (bicyclic) bond motifs is 1. The van der Waals surface area contributed by atoms with Gasteiger partial charge in [-0.15, -0.1) is 0 Å². The van der Waals surface area contributed by atoms with E-state index in [-0.39, 0.29) is 30.0 Å². The first-order valence-electron chi connectivity index (χ1n) is 9.07. The van der Waals surface area contributed by atoms with E-state index in [1.165, 1.54) is 6.20 Å². The maximum Gasteiger partial charge on any atom is 0.253 e. The van der Waals surface area contributed by atoms with Crippen molar-refractivity contribution in [3.05, 3.63) is 24.0 Å². The van der Waals surface area contributed by atoms with Crippen molar-refractivity contribution >= 4 is 28.7 Å². The molecule has 3 rings (SSSR count). The number of hydrogen-bond acceptors (Lipinski definition) is 5. The molecule has 1 aliphatic rings. The molecule has 0 saturated carbocycles. The molecule has 0 spiro atoms. The Kier molecular flexibility index (Phi) is 4.86. The SMILES string of the molecule is CC1COCC(=O)N1c1cc2c(NC(C)C(C)(C)C)c(C(N)=O)cnn2c1. The van der Waals surface area contributed by atoms with E-state index in [1.54, 1.807) is 15.6 Å². The molecule has 3 heterocycles. The van der Waals surface area contributed by atoms with Gasteiger partial charge in [-0.2, -0.15) is 5.10 Å². The van der Waals surface area contributed by atoms with Crippen molar-refractivity contribution in [1.82, 2.24) is 9.61 Å². The molecule has 8 nitrogen and oxygen atoms in total. The molecule has 0 radical (unpaired) electrons. The molecule has 2 atom stereocenters. The molecule has 0 bridgehead atoms. The highest BCUT2D eigenvalue weighted by atomic mass is 16.5. The van der Waals surface area contributed by atoms with Gasteiger partial charge in [0.05, 0.1) is 47.5 Å². The second kappa shape index (κ2) is 6.84. The third kappa shape index (κ3) is 3.62. The van der Waals surface area contributed by atoms with Crippen LogP contribution in [0.3, 0.4) is 0 Å². The smallest absolute Gasteiger partial charge is 0.253 e. The minimum Gasteiger partial charge on any atom is -0.380 e. The Labute approximate surface area is 158 Å². The monoisotopic (exact) mass is 373 g/mol. The van der Waals surface area contributed by atoms with Crippen molar-refractivity contribution in [3.8, 4) is 0 Å². The van der Waals surface area contributed by atoms with E-state index >= 15 is 0 Å². The summed E-state index contributed by atoms with van der Waals surface area (Å²) in [4.78, 5) is 26.0. The lowest BCUT2D eigenvalue weighted by molar-refractivity contribution is -0.127. The molecular formula is C19H27N5O3. The topological polar surface area (TPSA) is 102 Å². The third-order valence-electron chi connectivity index (χ3n) is 5.12. The number of morpholine rings is 1. The molecule has 1 aliphatic heterocycles. The van der Waals surface area contributed by atoms with Crippen LogP contribution >= 0.6 is 0 Å². The molecule has 2 aromatic heterocycles. The van der Waals surface area contributed by atoms with E-state index in [0.717, 1.165) is 5.69 Å². The summed E-state index contributed by atoms with van der Waals surface area (Å²) < 4.78 is 6.96. The normalized spacial score (nSPS) is 19.4. The molecule has 146 valence electrons. The summed E-state index contributed by atoms with van der Waals surface area (Å²) in [7, 11) is 0. The average molecular weight is 373 g/mol. The van der Waals surface area contributed by atoms with E-state index in [2.05, 4.69) is 38.1 Å². The highest BCUT2D eigenvalue weighted by Gasteiger charge is 2.29. The number of amides is 2. The van der Waals surface area contributed by atoms with Gasteiger partial charge in [0.1, 0.15) is 6.61 Å². The largest absolute Gasteiger partial charge is 0.380 e. The molecule has 2 unspecified atom stereocenters. The minimum absolute atomic E-state index is 0.0285. The van der Waals surface area contributed by atoms with Crippen LogP contribution in [0.5, 0.6) is 0 Å². The Morgan fingerprint density at radius 2 is 2.15 bits per heavy atom. The van der Waals surface area contributed by atoms with Gasteiger partial charge in [0.2, 0.25) is 0 Å². The summed E-state index contributed by atoms with van der Waals surface area (Å²) in [5.74, 6) is -0.649. The summed E-state index contributed by atoms with van der Waals surface area (Å²) in [6.07, 6.45) is 3.24. The van der Waals surface area contributed by atoms with Crippen molar-refractivity contribution < 1.29 is 14.3 Å². The van der Waals surface area contributed by atoms with Crippen LogP contribution in [0.15, 0.2) is 18.5 Å². The number of ether oxygens (including phenoxy) is 1. The number of nitrogens with two attached hydrogens (primary N) is 1. The van der Waals surface area contributed by atoms with Crippen LogP contribution in [0.4, 0.5) is 11.4 Å². The molecule has 8 heteroatoms. The molecule has 3 N–H and O–H groups in total. The Hall–Kier alpha value is -2.61. The van der Waals surface area contributed by atoms with E-state index in [1.807, 2.05) is 13.0 Å². The Morgan fingerprint density at radius 3 is 2.74 bits per heavy atom. The first-order valence-corrected chi connectivity index (χ1v) is 9.07. The molecule has 27 heavy (non-hydrogen) atoms. The fourth-order valence-corrected chi connectivity index (χ4v) is 3.05. The van der Waals surface area contributed by atoms with E-state index in [4.69, 9.17) is 10.5 Å². The van der Waals surface area contributed by atoms with Crippen molar-refractivity contribution in [1.29, 1.82) is 0 Å². The van der Waals surface area contributed by atoms with E-state index in [9.17, 15) is 9.59 Å². The van der Waals surface area contributed by atoms with Gasteiger partial charge in [0.15, 0.2) is 0 Å². The molecule has 0 aliphatic carbocycles. The van der Waals surface area contributed by atoms with Gasteiger partial charge < -0.3 is 20.7 Å². The highest BCUT2D eigenvalue weighted by Crippen LogP contribution is 2.31. The van der Waals surface area contributed by atoms with Crippen LogP contribution in [-0.4, -0.2) is 46.7 Å². The third-order valence-corrected chi connectivity index (χ3v) is 5.12. The Bertz CT molecular complexity index is 883. The van der Waals surface area contributed by atoms with Crippen LogP contribution in [0.25, 0.3) is 5.52 Å². The lowest BCUT2D eigenvalue weighted by atomic mass is 9.88. The van der Waals surface area contributed by atoms with Crippen LogP contribution in [0.1, 0.15) is 45.0 Å². The summed E-state index contributed by atoms with van der Waals surface area (Å²) in [6, 6.07) is 1.85. The summed E-state index contributed by atoms with van der Waals surface area (Å²) in [6.45, 7) is 10.9. The lowest BCUT2D eigenvalue weighted by Crippen LogP contribution is -2.48. The number of carbonyl (C=O) groups excluding carboxylic acids is 2. The molecular weight excluding hydrogens is 346 g/mol. The Balaban J connectivity index is 2.11. The molecule has 0 aromatic carbocycles. The molecule has 2 amide bonds. The zero-order chi connectivity index (χ0) is 19.9. The van der Waals surface area contributed by atoms with Gasteiger partial charge in [-0.05, 0) is 25.3 Å². The van der Waals surface area contributed by atoms with Crippen LogP contribution in [-0.2, 0) is 9.53 Å². The van der Waals surface area contributed by atoms with Gasteiger partial charge in [-0.3, -0.25) is 9.59 Å². The molecule has 2 aromatic rings. The number of rotatable bonds is 4. The first-order chi connectivity index (χ1) is 12.6. The minimum atomic E-state index is -0.549. The lowest BCUT2D eigenvalue weighted by Gasteiger charge is -2.32. The first kappa shape index (κ1) is 19.2. The van der Waals surface area contributed by atoms with Crippen LogP contribution in [0, 0.1) is 5.41 Å². The number of nitrogens with zero attached hydrogens (tertiary/aromatic N) is 3. The fraction of sp³-hybridized carbons (Fsp3) is 0.526. The number of primary amides is 1. The highest BCUT2D eigenvalue weighted by molar-refractivity contribution is 6.03. The summed E-state index contributed by atoms with van der Waals surface area (Å²) in [5.41, 5.74) is 7.91. The maximum atomic E-state index is 12.3. The number of nitrogens with one attached hydrogen (secondary N) is 1. The van der Waals surface area contributed by atoms with Gasteiger partial charge in [0.25, 0.3) is 11.8 Å². The average Bonchev–Trinajstić information content (AvgIpc) is 2.97. The quantitative estimate of drug-likeness (QED) is 0.854. The fourth-order valence-electron chi connectivity index (χ4n) is 3.05. The van der Waals surface area contributed by atoms with Gasteiger partial charge in [-0.1, -0.05) is 20.8 Å². The maximum absolute atomic E-state index is 12.3. The standard InChI is InChI=1S/C19H27N5O3/c1-11-9-27-10-16(25)24(11)13-6-15-17(22-12(2)19(3,4)5)14(18(20)26)7-21-23(15)8-13/h6-8,11-12,22H,9-10H2,1-5H3,(H2,20,26). The predicted molar refractivity (Wildman–Crippen MR) is 104 cm³/mol. The molecule has 1 saturated heterocycles. The second-order valence-electron chi connectivity index (χ2n) is 8.19.